The van der Waals surface area contributed by atoms with E-state index in [1.54, 1.807) is 47.3 Å². The van der Waals surface area contributed by atoms with Crippen molar-refractivity contribution in [2.75, 3.05) is 6.54 Å². The van der Waals surface area contributed by atoms with Crippen molar-refractivity contribution >= 4 is 34.6 Å². The molecule has 33 heavy (non-hydrogen) atoms. The minimum atomic E-state index is -0.967. The van der Waals surface area contributed by atoms with Crippen LogP contribution in [0, 0.1) is 11.3 Å². The van der Waals surface area contributed by atoms with Crippen molar-refractivity contribution in [1.82, 2.24) is 14.2 Å². The van der Waals surface area contributed by atoms with Crippen LogP contribution in [0.5, 0.6) is 0 Å². The number of carbonyl (C=O) groups is 2. The molecule has 164 valence electrons. The molecule has 0 saturated carbocycles. The lowest BCUT2D eigenvalue weighted by Crippen LogP contribution is -2.23. The first-order chi connectivity index (χ1) is 16.0. The average molecular weight is 459 g/mol. The van der Waals surface area contributed by atoms with E-state index in [0.717, 1.165) is 5.56 Å². The number of rotatable bonds is 7. The fraction of sp³-hybridized carbons (Fsp3) is 0.120. The van der Waals surface area contributed by atoms with Crippen molar-refractivity contribution in [3.8, 4) is 11.8 Å². The molecule has 0 atom stereocenters. The number of carboxylic acids is 1. The minimum Gasteiger partial charge on any atom is -0.481 e. The van der Waals surface area contributed by atoms with Crippen LogP contribution < -0.4 is 0 Å². The molecule has 0 saturated heterocycles. The molecule has 0 aliphatic carbocycles. The Kier molecular flexibility index (Phi) is 6.38. The van der Waals surface area contributed by atoms with Crippen LogP contribution in [0.15, 0.2) is 72.9 Å². The van der Waals surface area contributed by atoms with Gasteiger partial charge in [0, 0.05) is 29.3 Å². The molecule has 4 rings (SSSR count). The molecule has 0 fully saturated rings. The largest absolute Gasteiger partial charge is 0.481 e. The summed E-state index contributed by atoms with van der Waals surface area (Å²) in [5.74, 6) is -1.27. The second-order valence-electron chi connectivity index (χ2n) is 7.49. The molecular weight excluding hydrogens is 440 g/mol. The van der Waals surface area contributed by atoms with Crippen molar-refractivity contribution in [3.05, 3.63) is 95.2 Å². The summed E-state index contributed by atoms with van der Waals surface area (Å²) < 4.78 is 2.77. The van der Waals surface area contributed by atoms with E-state index in [-0.39, 0.29) is 12.3 Å². The number of nitriles is 1. The summed E-state index contributed by atoms with van der Waals surface area (Å²) in [6.07, 6.45) is 2.09. The molecule has 7 nitrogen and oxygen atoms in total. The van der Waals surface area contributed by atoms with Gasteiger partial charge in [-0.3, -0.25) is 14.0 Å². The normalized spacial score (nSPS) is 10.7. The summed E-state index contributed by atoms with van der Waals surface area (Å²) in [6, 6.07) is 21.9. The second-order valence-corrected chi connectivity index (χ2v) is 7.90. The van der Waals surface area contributed by atoms with E-state index in [1.165, 1.54) is 4.42 Å². The summed E-state index contributed by atoms with van der Waals surface area (Å²) in [4.78, 5) is 23.8. The SMILES string of the molecule is N#Cc1cc(CC(=O)O)ccc1-n1ncc2cc(C(=O)N(Cl)CCc3ccccc3)ccc21. The van der Waals surface area contributed by atoms with Gasteiger partial charge in [-0.2, -0.15) is 10.4 Å². The number of aliphatic carboxylic acids is 1. The van der Waals surface area contributed by atoms with Gasteiger partial charge >= 0.3 is 5.97 Å². The summed E-state index contributed by atoms with van der Waals surface area (Å²) in [6.45, 7) is 0.371. The first-order valence-corrected chi connectivity index (χ1v) is 10.5. The third-order valence-corrected chi connectivity index (χ3v) is 5.56. The predicted octanol–water partition coefficient (Wildman–Crippen LogP) is 4.36. The number of carboxylic acid groups (broad SMARTS) is 1. The van der Waals surface area contributed by atoms with E-state index in [1.807, 2.05) is 30.3 Å². The first-order valence-electron chi connectivity index (χ1n) is 10.2. The van der Waals surface area contributed by atoms with Crippen LogP contribution in [0.25, 0.3) is 16.6 Å². The number of aromatic nitrogens is 2. The van der Waals surface area contributed by atoms with Crippen LogP contribution in [0.1, 0.15) is 27.0 Å². The van der Waals surface area contributed by atoms with Gasteiger partial charge < -0.3 is 5.11 Å². The predicted molar refractivity (Wildman–Crippen MR) is 124 cm³/mol. The number of hydrogen-bond acceptors (Lipinski definition) is 4. The van der Waals surface area contributed by atoms with Crippen LogP contribution >= 0.6 is 11.8 Å². The Bertz CT molecular complexity index is 1380. The van der Waals surface area contributed by atoms with Crippen LogP contribution in [0.3, 0.4) is 0 Å². The Hall–Kier alpha value is -4.15. The van der Waals surface area contributed by atoms with Gasteiger partial charge in [0.25, 0.3) is 5.91 Å². The van der Waals surface area contributed by atoms with Crippen LogP contribution in [-0.4, -0.2) is 37.7 Å². The fourth-order valence-corrected chi connectivity index (χ4v) is 3.80. The Labute approximate surface area is 195 Å². The van der Waals surface area contributed by atoms with Crippen molar-refractivity contribution < 1.29 is 14.7 Å². The van der Waals surface area contributed by atoms with Crippen molar-refractivity contribution in [2.24, 2.45) is 0 Å². The molecular formula is C25H19ClN4O3. The molecule has 4 aromatic rings. The topological polar surface area (TPSA) is 99.2 Å². The van der Waals surface area contributed by atoms with Crippen LogP contribution in [0.2, 0.25) is 0 Å². The van der Waals surface area contributed by atoms with E-state index in [2.05, 4.69) is 11.2 Å². The number of hydrogen-bond donors (Lipinski definition) is 1. The molecule has 1 amide bonds. The molecule has 1 N–H and O–H groups in total. The third kappa shape index (κ3) is 4.86. The van der Waals surface area contributed by atoms with Crippen LogP contribution in [0.4, 0.5) is 0 Å². The maximum absolute atomic E-state index is 12.8. The van der Waals surface area contributed by atoms with Gasteiger partial charge in [0.1, 0.15) is 6.07 Å². The number of nitrogens with zero attached hydrogens (tertiary/aromatic N) is 4. The van der Waals surface area contributed by atoms with E-state index in [4.69, 9.17) is 16.9 Å². The number of fused-ring (bicyclic) bond motifs is 1. The van der Waals surface area contributed by atoms with Gasteiger partial charge in [0.2, 0.25) is 0 Å². The highest BCUT2D eigenvalue weighted by molar-refractivity contribution is 6.24. The summed E-state index contributed by atoms with van der Waals surface area (Å²) in [5, 5.41) is 23.6. The van der Waals surface area contributed by atoms with Crippen LogP contribution in [-0.2, 0) is 17.6 Å². The van der Waals surface area contributed by atoms with E-state index >= 15 is 0 Å². The Morgan fingerprint density at radius 1 is 1.06 bits per heavy atom. The monoisotopic (exact) mass is 458 g/mol. The summed E-state index contributed by atoms with van der Waals surface area (Å²) in [5.41, 5.74) is 3.61. The van der Waals surface area contributed by atoms with Gasteiger partial charge in [-0.05, 0) is 47.9 Å². The molecule has 3 aromatic carbocycles. The van der Waals surface area contributed by atoms with Gasteiger partial charge in [0.15, 0.2) is 0 Å². The molecule has 1 aromatic heterocycles. The highest BCUT2D eigenvalue weighted by atomic mass is 35.5. The molecule has 0 radical (unpaired) electrons. The lowest BCUT2D eigenvalue weighted by atomic mass is 10.1. The quantitative estimate of drug-likeness (QED) is 0.415. The summed E-state index contributed by atoms with van der Waals surface area (Å²) >= 11 is 6.24. The average Bonchev–Trinajstić information content (AvgIpc) is 3.25. The first kappa shape index (κ1) is 22.1. The number of benzene rings is 3. The van der Waals surface area contributed by atoms with E-state index < -0.39 is 5.97 Å². The zero-order valence-electron chi connectivity index (χ0n) is 17.5. The summed E-state index contributed by atoms with van der Waals surface area (Å²) in [7, 11) is 0. The van der Waals surface area contributed by atoms with Crippen molar-refractivity contribution in [3.63, 3.8) is 0 Å². The van der Waals surface area contributed by atoms with Crippen molar-refractivity contribution in [2.45, 2.75) is 12.8 Å². The maximum atomic E-state index is 12.8. The molecule has 0 spiro atoms. The van der Waals surface area contributed by atoms with E-state index in [9.17, 15) is 14.9 Å². The van der Waals surface area contributed by atoms with Gasteiger partial charge in [-0.15, -0.1) is 0 Å². The number of halogens is 1. The molecule has 0 aliphatic heterocycles. The Morgan fingerprint density at radius 2 is 1.85 bits per heavy atom. The maximum Gasteiger partial charge on any atom is 0.307 e. The molecule has 1 heterocycles. The Morgan fingerprint density at radius 3 is 2.58 bits per heavy atom. The van der Waals surface area contributed by atoms with E-state index in [0.29, 0.717) is 46.2 Å². The third-order valence-electron chi connectivity index (χ3n) is 5.24. The van der Waals surface area contributed by atoms with Gasteiger partial charge in [0.05, 0.1) is 29.4 Å². The number of amides is 1. The molecule has 8 heteroatoms. The lowest BCUT2D eigenvalue weighted by molar-refractivity contribution is -0.136. The lowest BCUT2D eigenvalue weighted by Gasteiger charge is -2.14. The molecule has 0 aliphatic rings. The standard InChI is InChI=1S/C25H19ClN4O3/c26-29(11-10-17-4-2-1-3-5-17)25(33)19-7-9-23-21(14-19)16-28-30(23)22-8-6-18(13-24(31)32)12-20(22)15-27/h1-9,12,14,16H,10-11,13H2,(H,31,32). The fourth-order valence-electron chi connectivity index (χ4n) is 3.61. The number of carbonyl (C=O) groups excluding carboxylic acids is 1. The van der Waals surface area contributed by atoms with Gasteiger partial charge in [-0.1, -0.05) is 36.4 Å². The highest BCUT2D eigenvalue weighted by Gasteiger charge is 2.17. The second kappa shape index (κ2) is 9.55. The zero-order chi connectivity index (χ0) is 23.4. The van der Waals surface area contributed by atoms with Gasteiger partial charge in [-0.25, -0.2) is 4.68 Å². The Balaban J connectivity index is 1.57. The van der Waals surface area contributed by atoms with Crippen molar-refractivity contribution in [1.29, 1.82) is 5.26 Å². The highest BCUT2D eigenvalue weighted by Crippen LogP contribution is 2.24. The minimum absolute atomic E-state index is 0.167. The molecule has 0 bridgehead atoms. The molecule has 0 unspecified atom stereocenters. The zero-order valence-corrected chi connectivity index (χ0v) is 18.2. The smallest absolute Gasteiger partial charge is 0.307 e.